The first-order chi connectivity index (χ1) is 9.88. The molecule has 21 heavy (non-hydrogen) atoms. The lowest BCUT2D eigenvalue weighted by atomic mass is 9.88. The van der Waals surface area contributed by atoms with Crippen LogP contribution in [0.25, 0.3) is 0 Å². The zero-order valence-electron chi connectivity index (χ0n) is 12.8. The maximum absolute atomic E-state index is 12.1. The lowest BCUT2D eigenvalue weighted by molar-refractivity contribution is 0.0410. The third-order valence-electron chi connectivity index (χ3n) is 3.38. The van der Waals surface area contributed by atoms with Gasteiger partial charge in [-0.05, 0) is 5.41 Å². The number of morpholine rings is 1. The molecule has 2 N–H and O–H groups in total. The predicted molar refractivity (Wildman–Crippen MR) is 83.2 cm³/mol. The van der Waals surface area contributed by atoms with Crippen molar-refractivity contribution in [1.82, 2.24) is 14.9 Å². The number of aromatic hydroxyl groups is 1. The lowest BCUT2D eigenvalue weighted by Crippen LogP contribution is -2.37. The molecule has 1 aliphatic heterocycles. The summed E-state index contributed by atoms with van der Waals surface area (Å²) in [6, 6.07) is 0. The third-order valence-corrected chi connectivity index (χ3v) is 4.23. The van der Waals surface area contributed by atoms with Crippen molar-refractivity contribution in [2.75, 3.05) is 38.6 Å². The van der Waals surface area contributed by atoms with Crippen LogP contribution in [0.5, 0.6) is 5.88 Å². The number of thioether (sulfide) groups is 1. The number of aromatic nitrogens is 2. The molecular weight excluding hydrogens is 290 g/mol. The monoisotopic (exact) mass is 313 g/mol. The van der Waals surface area contributed by atoms with Gasteiger partial charge in [-0.3, -0.25) is 9.69 Å². The number of H-pyrrole nitrogens is 1. The molecule has 7 heteroatoms. The normalized spacial score (nSPS) is 17.1. The average molecular weight is 313 g/mol. The van der Waals surface area contributed by atoms with Crippen LogP contribution in [0.2, 0.25) is 0 Å². The van der Waals surface area contributed by atoms with E-state index in [4.69, 9.17) is 4.74 Å². The van der Waals surface area contributed by atoms with Crippen LogP contribution in [0.4, 0.5) is 0 Å². The molecule has 1 aliphatic rings. The smallest absolute Gasteiger partial charge is 0.259 e. The minimum Gasteiger partial charge on any atom is -0.493 e. The number of rotatable bonds is 4. The van der Waals surface area contributed by atoms with E-state index in [0.29, 0.717) is 10.7 Å². The molecule has 2 rings (SSSR count). The van der Waals surface area contributed by atoms with Gasteiger partial charge in [-0.2, -0.15) is 4.98 Å². The molecule has 0 aromatic carbocycles. The maximum atomic E-state index is 12.1. The Morgan fingerprint density at radius 3 is 2.62 bits per heavy atom. The molecule has 0 unspecified atom stereocenters. The zero-order valence-corrected chi connectivity index (χ0v) is 13.6. The minimum atomic E-state index is -0.429. The van der Waals surface area contributed by atoms with E-state index < -0.39 is 5.41 Å². The summed E-state index contributed by atoms with van der Waals surface area (Å²) in [6.07, 6.45) is 0. The van der Waals surface area contributed by atoms with Crippen molar-refractivity contribution in [3.05, 3.63) is 15.9 Å². The maximum Gasteiger partial charge on any atom is 0.259 e. The van der Waals surface area contributed by atoms with Gasteiger partial charge in [0.25, 0.3) is 5.56 Å². The van der Waals surface area contributed by atoms with Crippen molar-refractivity contribution in [3.8, 4) is 5.88 Å². The number of hydrogen-bond donors (Lipinski definition) is 2. The molecule has 0 radical (unpaired) electrons. The topological polar surface area (TPSA) is 78.5 Å². The van der Waals surface area contributed by atoms with Crippen molar-refractivity contribution < 1.29 is 9.84 Å². The second-order valence-corrected chi connectivity index (χ2v) is 7.21. The van der Waals surface area contributed by atoms with Crippen molar-refractivity contribution in [2.24, 2.45) is 0 Å². The number of ether oxygens (including phenoxy) is 1. The summed E-state index contributed by atoms with van der Waals surface area (Å²) < 4.78 is 5.30. The fourth-order valence-corrected chi connectivity index (χ4v) is 3.14. The molecule has 2 heterocycles. The first-order valence-corrected chi connectivity index (χ1v) is 8.13. The summed E-state index contributed by atoms with van der Waals surface area (Å²) in [6.45, 7) is 10.00. The SMILES string of the molecule is CC(C)(C)c1c(O)nc(SCCN2CCOCC2)[nH]c1=O. The van der Waals surface area contributed by atoms with Crippen molar-refractivity contribution >= 4 is 11.8 Å². The van der Waals surface area contributed by atoms with Crippen LogP contribution in [0.3, 0.4) is 0 Å². The van der Waals surface area contributed by atoms with E-state index in [9.17, 15) is 9.90 Å². The number of nitrogens with one attached hydrogen (secondary N) is 1. The number of aromatic amines is 1. The third kappa shape index (κ3) is 4.46. The molecule has 1 saturated heterocycles. The van der Waals surface area contributed by atoms with E-state index in [-0.39, 0.29) is 11.4 Å². The highest BCUT2D eigenvalue weighted by atomic mass is 32.2. The van der Waals surface area contributed by atoms with Crippen LogP contribution < -0.4 is 5.56 Å². The molecule has 0 aliphatic carbocycles. The van der Waals surface area contributed by atoms with Gasteiger partial charge in [0, 0.05) is 25.4 Å². The Kier molecular flexibility index (Phi) is 5.29. The summed E-state index contributed by atoms with van der Waals surface area (Å²) in [5, 5.41) is 10.5. The Balaban J connectivity index is 1.97. The van der Waals surface area contributed by atoms with E-state index >= 15 is 0 Å². The average Bonchev–Trinajstić information content (AvgIpc) is 2.37. The standard InChI is InChI=1S/C14H23N3O3S/c1-14(2,3)10-11(18)15-13(16-12(10)19)21-9-6-17-4-7-20-8-5-17/h4-9H2,1-3H3,(H2,15,16,18,19). The van der Waals surface area contributed by atoms with Gasteiger partial charge in [-0.1, -0.05) is 32.5 Å². The molecule has 0 atom stereocenters. The second-order valence-electron chi connectivity index (χ2n) is 6.12. The molecule has 0 amide bonds. The molecule has 6 nitrogen and oxygen atoms in total. The molecular formula is C14H23N3O3S. The van der Waals surface area contributed by atoms with Crippen LogP contribution in [0.15, 0.2) is 9.95 Å². The largest absolute Gasteiger partial charge is 0.493 e. The summed E-state index contributed by atoms with van der Waals surface area (Å²) in [7, 11) is 0. The second kappa shape index (κ2) is 6.81. The van der Waals surface area contributed by atoms with Gasteiger partial charge in [0.1, 0.15) is 0 Å². The van der Waals surface area contributed by atoms with Gasteiger partial charge in [-0.15, -0.1) is 0 Å². The molecule has 1 aromatic rings. The van der Waals surface area contributed by atoms with Crippen LogP contribution >= 0.6 is 11.8 Å². The zero-order chi connectivity index (χ0) is 15.5. The minimum absolute atomic E-state index is 0.167. The molecule has 0 saturated carbocycles. The van der Waals surface area contributed by atoms with Crippen LogP contribution in [0, 0.1) is 0 Å². The van der Waals surface area contributed by atoms with Gasteiger partial charge < -0.3 is 14.8 Å². The van der Waals surface area contributed by atoms with E-state index in [2.05, 4.69) is 14.9 Å². The highest BCUT2D eigenvalue weighted by Gasteiger charge is 2.24. The Labute approximate surface area is 128 Å². The Hall–Kier alpha value is -1.05. The van der Waals surface area contributed by atoms with E-state index in [1.807, 2.05) is 20.8 Å². The van der Waals surface area contributed by atoms with Gasteiger partial charge in [-0.25, -0.2) is 0 Å². The van der Waals surface area contributed by atoms with Gasteiger partial charge in [0.05, 0.1) is 18.8 Å². The van der Waals surface area contributed by atoms with E-state index in [0.717, 1.165) is 38.6 Å². The van der Waals surface area contributed by atoms with Crippen molar-refractivity contribution in [3.63, 3.8) is 0 Å². The fraction of sp³-hybridized carbons (Fsp3) is 0.714. The van der Waals surface area contributed by atoms with Gasteiger partial charge >= 0.3 is 0 Å². The van der Waals surface area contributed by atoms with Crippen molar-refractivity contribution in [1.29, 1.82) is 0 Å². The fourth-order valence-electron chi connectivity index (χ4n) is 2.28. The Morgan fingerprint density at radius 2 is 2.05 bits per heavy atom. The first-order valence-electron chi connectivity index (χ1n) is 7.14. The number of hydrogen-bond acceptors (Lipinski definition) is 6. The molecule has 0 spiro atoms. The molecule has 0 bridgehead atoms. The Morgan fingerprint density at radius 1 is 1.38 bits per heavy atom. The Bertz CT molecular complexity index is 533. The first kappa shape index (κ1) is 16.3. The predicted octanol–water partition coefficient (Wildman–Crippen LogP) is 1.20. The summed E-state index contributed by atoms with van der Waals surface area (Å²) >= 11 is 1.45. The van der Waals surface area contributed by atoms with Gasteiger partial charge in [0.2, 0.25) is 5.88 Å². The lowest BCUT2D eigenvalue weighted by Gasteiger charge is -2.26. The van der Waals surface area contributed by atoms with Crippen molar-refractivity contribution in [2.45, 2.75) is 31.3 Å². The quantitative estimate of drug-likeness (QED) is 0.642. The van der Waals surface area contributed by atoms with Crippen LogP contribution in [-0.4, -0.2) is 58.6 Å². The molecule has 1 fully saturated rings. The summed E-state index contributed by atoms with van der Waals surface area (Å²) in [5.41, 5.74) is -0.356. The summed E-state index contributed by atoms with van der Waals surface area (Å²) in [5.74, 6) is 0.650. The highest BCUT2D eigenvalue weighted by Crippen LogP contribution is 2.26. The molecule has 118 valence electrons. The van der Waals surface area contributed by atoms with E-state index in [1.54, 1.807) is 0 Å². The van der Waals surface area contributed by atoms with Crippen LogP contribution in [0.1, 0.15) is 26.3 Å². The van der Waals surface area contributed by atoms with Crippen LogP contribution in [-0.2, 0) is 10.2 Å². The van der Waals surface area contributed by atoms with E-state index in [1.165, 1.54) is 11.8 Å². The van der Waals surface area contributed by atoms with Gasteiger partial charge in [0.15, 0.2) is 5.16 Å². The summed E-state index contributed by atoms with van der Waals surface area (Å²) in [4.78, 5) is 21.3. The number of nitrogens with zero attached hydrogens (tertiary/aromatic N) is 2. The highest BCUT2D eigenvalue weighted by molar-refractivity contribution is 7.99. The molecule has 1 aromatic heterocycles.